The molecule has 0 aliphatic rings. The van der Waals surface area contributed by atoms with E-state index in [9.17, 15) is 0 Å². The predicted molar refractivity (Wildman–Crippen MR) is 125 cm³/mol. The Hall–Kier alpha value is -4.09. The number of aromatic amines is 1. The maximum atomic E-state index is 8.74. The topological polar surface area (TPSA) is 99.6 Å². The molecule has 32 heavy (non-hydrogen) atoms. The Morgan fingerprint density at radius 3 is 2.34 bits per heavy atom. The summed E-state index contributed by atoms with van der Waals surface area (Å²) in [7, 11) is 0. The van der Waals surface area contributed by atoms with Crippen LogP contribution in [0.1, 0.15) is 36.6 Å². The van der Waals surface area contributed by atoms with Crippen molar-refractivity contribution in [2.45, 2.75) is 32.9 Å². The third kappa shape index (κ3) is 4.79. The first-order chi connectivity index (χ1) is 15.7. The SMILES string of the molecule is CC(C)c1ccc(COc2ccc(-c3c(-c4ccncc4)n[nH]c3CN=[N+]=[N-])cc2)cc1. The summed E-state index contributed by atoms with van der Waals surface area (Å²) in [6.45, 7) is 5.07. The van der Waals surface area contributed by atoms with Crippen molar-refractivity contribution in [2.24, 2.45) is 5.11 Å². The molecule has 2 heterocycles. The molecule has 7 nitrogen and oxygen atoms in total. The second-order valence-electron chi connectivity index (χ2n) is 7.76. The molecule has 0 aliphatic carbocycles. The maximum Gasteiger partial charge on any atom is 0.119 e. The third-order valence-corrected chi connectivity index (χ3v) is 5.28. The van der Waals surface area contributed by atoms with Crippen molar-refractivity contribution in [3.8, 4) is 28.1 Å². The number of ether oxygens (including phenoxy) is 1. The van der Waals surface area contributed by atoms with Gasteiger partial charge in [-0.25, -0.2) is 0 Å². The lowest BCUT2D eigenvalue weighted by Crippen LogP contribution is -1.96. The molecule has 0 unspecified atom stereocenters. The molecule has 4 rings (SSSR count). The van der Waals surface area contributed by atoms with E-state index in [0.29, 0.717) is 12.5 Å². The fourth-order valence-electron chi connectivity index (χ4n) is 3.51. The zero-order chi connectivity index (χ0) is 22.3. The molecule has 0 bridgehead atoms. The normalized spacial score (nSPS) is 10.7. The van der Waals surface area contributed by atoms with E-state index in [1.807, 2.05) is 36.4 Å². The summed E-state index contributed by atoms with van der Waals surface area (Å²) >= 11 is 0. The van der Waals surface area contributed by atoms with Crippen molar-refractivity contribution in [1.82, 2.24) is 15.2 Å². The Morgan fingerprint density at radius 1 is 0.969 bits per heavy atom. The molecule has 0 saturated heterocycles. The number of azide groups is 1. The third-order valence-electron chi connectivity index (χ3n) is 5.28. The predicted octanol–water partition coefficient (Wildman–Crippen LogP) is 6.65. The van der Waals surface area contributed by atoms with E-state index < -0.39 is 0 Å². The van der Waals surface area contributed by atoms with Crippen molar-refractivity contribution in [1.29, 1.82) is 0 Å². The largest absolute Gasteiger partial charge is 0.489 e. The molecule has 1 N–H and O–H groups in total. The first-order valence-corrected chi connectivity index (χ1v) is 10.5. The summed E-state index contributed by atoms with van der Waals surface area (Å²) in [5.41, 5.74) is 15.5. The van der Waals surface area contributed by atoms with Gasteiger partial charge in [0, 0.05) is 34.1 Å². The number of nitrogens with zero attached hydrogens (tertiary/aromatic N) is 5. The fourth-order valence-corrected chi connectivity index (χ4v) is 3.51. The van der Waals surface area contributed by atoms with E-state index >= 15 is 0 Å². The van der Waals surface area contributed by atoms with Crippen molar-refractivity contribution < 1.29 is 4.74 Å². The highest BCUT2D eigenvalue weighted by Gasteiger charge is 2.16. The molecule has 0 atom stereocenters. The van der Waals surface area contributed by atoms with Gasteiger partial charge < -0.3 is 4.74 Å². The van der Waals surface area contributed by atoms with E-state index in [-0.39, 0.29) is 6.54 Å². The molecule has 0 radical (unpaired) electrons. The molecule has 7 heteroatoms. The van der Waals surface area contributed by atoms with Crippen LogP contribution in [0.25, 0.3) is 32.8 Å². The highest BCUT2D eigenvalue weighted by molar-refractivity contribution is 5.82. The van der Waals surface area contributed by atoms with Crippen LogP contribution in [0.15, 0.2) is 78.2 Å². The molecular weight excluding hydrogens is 400 g/mol. The second-order valence-corrected chi connectivity index (χ2v) is 7.76. The summed E-state index contributed by atoms with van der Waals surface area (Å²) in [5, 5.41) is 11.2. The van der Waals surface area contributed by atoms with Crippen LogP contribution in [-0.4, -0.2) is 15.2 Å². The zero-order valence-corrected chi connectivity index (χ0v) is 18.1. The summed E-state index contributed by atoms with van der Waals surface area (Å²) in [6, 6.07) is 20.2. The summed E-state index contributed by atoms with van der Waals surface area (Å²) in [4.78, 5) is 6.96. The van der Waals surface area contributed by atoms with Gasteiger partial charge in [0.2, 0.25) is 0 Å². The number of pyridine rings is 1. The molecular formula is C25H24N6O. The van der Waals surface area contributed by atoms with Crippen LogP contribution in [0.3, 0.4) is 0 Å². The lowest BCUT2D eigenvalue weighted by atomic mass is 9.99. The number of aromatic nitrogens is 3. The van der Waals surface area contributed by atoms with Crippen LogP contribution in [0.2, 0.25) is 0 Å². The van der Waals surface area contributed by atoms with Gasteiger partial charge in [-0.1, -0.05) is 55.4 Å². The Kier molecular flexibility index (Phi) is 6.49. The van der Waals surface area contributed by atoms with Crippen LogP contribution in [0, 0.1) is 0 Å². The van der Waals surface area contributed by atoms with Crippen molar-refractivity contribution >= 4 is 0 Å². The van der Waals surface area contributed by atoms with Gasteiger partial charge in [-0.2, -0.15) is 5.10 Å². The van der Waals surface area contributed by atoms with Gasteiger partial charge in [0.05, 0.1) is 6.54 Å². The molecule has 0 fully saturated rings. The molecule has 0 aliphatic heterocycles. The number of hydrogen-bond acceptors (Lipinski definition) is 4. The Bertz CT molecular complexity index is 1210. The van der Waals surface area contributed by atoms with Crippen LogP contribution in [0.5, 0.6) is 5.75 Å². The monoisotopic (exact) mass is 424 g/mol. The molecule has 2 aromatic carbocycles. The smallest absolute Gasteiger partial charge is 0.119 e. The van der Waals surface area contributed by atoms with E-state index in [1.165, 1.54) is 5.56 Å². The van der Waals surface area contributed by atoms with Crippen LogP contribution in [-0.2, 0) is 13.2 Å². The average molecular weight is 425 g/mol. The fraction of sp³-hybridized carbons (Fsp3) is 0.200. The minimum Gasteiger partial charge on any atom is -0.489 e. The van der Waals surface area contributed by atoms with Gasteiger partial charge in [-0.15, -0.1) is 0 Å². The standard InChI is InChI=1S/C25H24N6O/c1-17(2)19-5-3-18(4-6-19)16-32-22-9-7-20(8-10-22)24-23(15-28-31-26)29-30-25(24)21-11-13-27-14-12-21/h3-14,17H,15-16H2,1-2H3,(H,29,30). The summed E-state index contributed by atoms with van der Waals surface area (Å²) in [5.74, 6) is 1.30. The van der Waals surface area contributed by atoms with Crippen LogP contribution in [0.4, 0.5) is 0 Å². The first-order valence-electron chi connectivity index (χ1n) is 10.5. The number of H-pyrrole nitrogens is 1. The van der Waals surface area contributed by atoms with Gasteiger partial charge in [0.25, 0.3) is 0 Å². The van der Waals surface area contributed by atoms with E-state index in [1.54, 1.807) is 12.4 Å². The second kappa shape index (κ2) is 9.81. The Balaban J connectivity index is 1.55. The molecule has 2 aromatic heterocycles. The molecule has 4 aromatic rings. The molecule has 160 valence electrons. The maximum absolute atomic E-state index is 8.74. The van der Waals surface area contributed by atoms with Gasteiger partial charge in [0.15, 0.2) is 0 Å². The zero-order valence-electron chi connectivity index (χ0n) is 18.1. The summed E-state index contributed by atoms with van der Waals surface area (Å²) in [6.07, 6.45) is 3.46. The number of rotatable bonds is 8. The van der Waals surface area contributed by atoms with Gasteiger partial charge >= 0.3 is 0 Å². The van der Waals surface area contributed by atoms with E-state index in [2.05, 4.69) is 63.3 Å². The highest BCUT2D eigenvalue weighted by atomic mass is 16.5. The Labute approximate surface area is 186 Å². The number of benzene rings is 2. The van der Waals surface area contributed by atoms with Crippen LogP contribution < -0.4 is 4.74 Å². The van der Waals surface area contributed by atoms with Gasteiger partial charge in [0.1, 0.15) is 18.1 Å². The van der Waals surface area contributed by atoms with E-state index in [0.717, 1.165) is 39.4 Å². The number of nitrogens with one attached hydrogen (secondary N) is 1. The van der Waals surface area contributed by atoms with Crippen LogP contribution >= 0.6 is 0 Å². The first kappa shape index (κ1) is 21.2. The van der Waals surface area contributed by atoms with Gasteiger partial charge in [-0.05, 0) is 52.4 Å². The lowest BCUT2D eigenvalue weighted by molar-refractivity contribution is 0.306. The minimum absolute atomic E-state index is 0.189. The van der Waals surface area contributed by atoms with Crippen molar-refractivity contribution in [2.75, 3.05) is 0 Å². The quantitative estimate of drug-likeness (QED) is 0.195. The highest BCUT2D eigenvalue weighted by Crippen LogP contribution is 2.34. The van der Waals surface area contributed by atoms with Crippen molar-refractivity contribution in [3.05, 3.63) is 100 Å². The minimum atomic E-state index is 0.189. The Morgan fingerprint density at radius 2 is 1.69 bits per heavy atom. The molecule has 0 amide bonds. The number of hydrogen-bond donors (Lipinski definition) is 1. The summed E-state index contributed by atoms with van der Waals surface area (Å²) < 4.78 is 5.98. The lowest BCUT2D eigenvalue weighted by Gasteiger charge is -2.10. The molecule has 0 spiro atoms. The van der Waals surface area contributed by atoms with Crippen molar-refractivity contribution in [3.63, 3.8) is 0 Å². The molecule has 0 saturated carbocycles. The average Bonchev–Trinajstić information content (AvgIpc) is 3.26. The van der Waals surface area contributed by atoms with E-state index in [4.69, 9.17) is 10.3 Å². The van der Waals surface area contributed by atoms with Gasteiger partial charge in [-0.3, -0.25) is 10.1 Å².